The molecule has 0 N–H and O–H groups in total. The van der Waals surface area contributed by atoms with Gasteiger partial charge in [0.15, 0.2) is 0 Å². The number of carbonyl (C=O) groups is 1. The van der Waals surface area contributed by atoms with E-state index in [4.69, 9.17) is 0 Å². The fourth-order valence-electron chi connectivity index (χ4n) is 2.38. The first-order chi connectivity index (χ1) is 9.56. The maximum absolute atomic E-state index is 12.3. The van der Waals surface area contributed by atoms with Gasteiger partial charge in [-0.15, -0.1) is 0 Å². The zero-order valence-electron chi connectivity index (χ0n) is 11.4. The van der Waals surface area contributed by atoms with E-state index in [2.05, 4.69) is 4.98 Å². The molecule has 3 heterocycles. The first kappa shape index (κ1) is 13.1. The molecule has 3 rings (SSSR count). The number of fused-ring (bicyclic) bond motifs is 1. The number of hydrogen-bond acceptors (Lipinski definition) is 4. The highest BCUT2D eigenvalue weighted by molar-refractivity contribution is 7.07. The molecular formula is C14H15N3O2S. The van der Waals surface area contributed by atoms with Crippen molar-refractivity contribution in [2.24, 2.45) is 7.05 Å². The SMILES string of the molecule is Cc1nc2c(c(=O)n1C)CN(C(=O)Cc1ccsc1)C2. The van der Waals surface area contributed by atoms with Crippen molar-refractivity contribution in [2.75, 3.05) is 0 Å². The summed E-state index contributed by atoms with van der Waals surface area (Å²) in [5.74, 6) is 0.724. The Kier molecular flexibility index (Phi) is 3.17. The van der Waals surface area contributed by atoms with Crippen LogP contribution in [0, 0.1) is 6.92 Å². The average molecular weight is 289 g/mol. The zero-order chi connectivity index (χ0) is 14.3. The Morgan fingerprint density at radius 2 is 2.25 bits per heavy atom. The number of hydrogen-bond donors (Lipinski definition) is 0. The van der Waals surface area contributed by atoms with E-state index in [1.54, 1.807) is 30.2 Å². The van der Waals surface area contributed by atoms with Gasteiger partial charge in [-0.25, -0.2) is 4.98 Å². The molecule has 20 heavy (non-hydrogen) atoms. The maximum Gasteiger partial charge on any atom is 0.258 e. The third-order valence-electron chi connectivity index (χ3n) is 3.67. The number of carbonyl (C=O) groups excluding carboxylic acids is 1. The molecule has 1 aliphatic rings. The largest absolute Gasteiger partial charge is 0.332 e. The van der Waals surface area contributed by atoms with Gasteiger partial charge in [-0.2, -0.15) is 11.3 Å². The summed E-state index contributed by atoms with van der Waals surface area (Å²) in [5.41, 5.74) is 2.37. The third kappa shape index (κ3) is 2.16. The Labute approximate surface area is 120 Å². The molecule has 0 fully saturated rings. The van der Waals surface area contributed by atoms with Crippen LogP contribution in [0.2, 0.25) is 0 Å². The topological polar surface area (TPSA) is 55.2 Å². The predicted molar refractivity (Wildman–Crippen MR) is 76.5 cm³/mol. The molecule has 0 aromatic carbocycles. The van der Waals surface area contributed by atoms with Crippen molar-refractivity contribution in [3.05, 3.63) is 49.8 Å². The average Bonchev–Trinajstić information content (AvgIpc) is 3.05. The van der Waals surface area contributed by atoms with E-state index in [0.717, 1.165) is 11.3 Å². The number of nitrogens with zero attached hydrogens (tertiary/aromatic N) is 3. The quantitative estimate of drug-likeness (QED) is 0.835. The number of amides is 1. The molecule has 104 valence electrons. The second-order valence-electron chi connectivity index (χ2n) is 5.01. The molecule has 0 saturated carbocycles. The van der Waals surface area contributed by atoms with E-state index >= 15 is 0 Å². The van der Waals surface area contributed by atoms with Crippen molar-refractivity contribution in [3.63, 3.8) is 0 Å². The van der Waals surface area contributed by atoms with Gasteiger partial charge in [0.1, 0.15) is 5.82 Å². The summed E-state index contributed by atoms with van der Waals surface area (Å²) in [7, 11) is 1.71. The monoisotopic (exact) mass is 289 g/mol. The number of thiophene rings is 1. The fourth-order valence-corrected chi connectivity index (χ4v) is 3.05. The lowest BCUT2D eigenvalue weighted by atomic mass is 10.2. The van der Waals surface area contributed by atoms with Crippen LogP contribution in [0.4, 0.5) is 0 Å². The van der Waals surface area contributed by atoms with E-state index in [-0.39, 0.29) is 11.5 Å². The highest BCUT2D eigenvalue weighted by Gasteiger charge is 2.27. The summed E-state index contributed by atoms with van der Waals surface area (Å²) in [6.45, 7) is 2.62. The van der Waals surface area contributed by atoms with Crippen LogP contribution in [0.15, 0.2) is 21.6 Å². The lowest BCUT2D eigenvalue weighted by Crippen LogP contribution is -2.28. The van der Waals surface area contributed by atoms with Gasteiger partial charge in [-0.1, -0.05) is 0 Å². The maximum atomic E-state index is 12.3. The Morgan fingerprint density at radius 1 is 1.45 bits per heavy atom. The van der Waals surface area contributed by atoms with Crippen molar-refractivity contribution in [3.8, 4) is 0 Å². The Balaban J connectivity index is 1.82. The van der Waals surface area contributed by atoms with Gasteiger partial charge in [-0.3, -0.25) is 14.2 Å². The summed E-state index contributed by atoms with van der Waals surface area (Å²) in [4.78, 5) is 30.5. The Morgan fingerprint density at radius 3 is 2.95 bits per heavy atom. The summed E-state index contributed by atoms with van der Waals surface area (Å²) < 4.78 is 1.53. The fraction of sp³-hybridized carbons (Fsp3) is 0.357. The molecule has 0 spiro atoms. The molecule has 0 aliphatic carbocycles. The summed E-state index contributed by atoms with van der Waals surface area (Å²) >= 11 is 1.58. The lowest BCUT2D eigenvalue weighted by Gasteiger charge is -2.14. The highest BCUT2D eigenvalue weighted by Crippen LogP contribution is 2.19. The van der Waals surface area contributed by atoms with Gasteiger partial charge in [0.25, 0.3) is 5.56 Å². The van der Waals surface area contributed by atoms with Crippen LogP contribution in [0.25, 0.3) is 0 Å². The summed E-state index contributed by atoms with van der Waals surface area (Å²) in [5, 5.41) is 3.94. The van der Waals surface area contributed by atoms with Gasteiger partial charge in [0, 0.05) is 7.05 Å². The normalized spacial score (nSPS) is 13.6. The third-order valence-corrected chi connectivity index (χ3v) is 4.40. The molecule has 0 saturated heterocycles. The molecule has 0 bridgehead atoms. The number of aromatic nitrogens is 2. The van der Waals surface area contributed by atoms with E-state index in [1.807, 2.05) is 16.8 Å². The van der Waals surface area contributed by atoms with Crippen LogP contribution in [0.5, 0.6) is 0 Å². The minimum Gasteiger partial charge on any atom is -0.332 e. The van der Waals surface area contributed by atoms with Gasteiger partial charge >= 0.3 is 0 Å². The molecule has 0 atom stereocenters. The van der Waals surface area contributed by atoms with Gasteiger partial charge < -0.3 is 4.90 Å². The minimum atomic E-state index is -0.0432. The van der Waals surface area contributed by atoms with E-state index in [1.165, 1.54) is 4.57 Å². The Hall–Kier alpha value is -1.95. The summed E-state index contributed by atoms with van der Waals surface area (Å²) in [6.07, 6.45) is 0.386. The molecule has 2 aromatic rings. The van der Waals surface area contributed by atoms with Crippen molar-refractivity contribution in [1.29, 1.82) is 0 Å². The standard InChI is InChI=1S/C14H15N3O2S/c1-9-15-12-7-17(6-11(12)14(19)16(9)2)13(18)5-10-3-4-20-8-10/h3-4,8H,5-7H2,1-2H3. The zero-order valence-corrected chi connectivity index (χ0v) is 12.2. The summed E-state index contributed by atoms with van der Waals surface area (Å²) in [6, 6.07) is 1.95. The number of aryl methyl sites for hydroxylation is 1. The molecule has 2 aromatic heterocycles. The molecule has 1 amide bonds. The second-order valence-corrected chi connectivity index (χ2v) is 5.79. The predicted octanol–water partition coefficient (Wildman–Crippen LogP) is 1.24. The van der Waals surface area contributed by atoms with Gasteiger partial charge in [-0.05, 0) is 29.3 Å². The molecule has 1 aliphatic heterocycles. The smallest absolute Gasteiger partial charge is 0.258 e. The van der Waals surface area contributed by atoms with Crippen LogP contribution >= 0.6 is 11.3 Å². The van der Waals surface area contributed by atoms with E-state index in [0.29, 0.717) is 30.9 Å². The van der Waals surface area contributed by atoms with Crippen molar-refractivity contribution in [2.45, 2.75) is 26.4 Å². The van der Waals surface area contributed by atoms with Crippen LogP contribution in [0.1, 0.15) is 22.6 Å². The Bertz CT molecular complexity index is 719. The highest BCUT2D eigenvalue weighted by atomic mass is 32.1. The molecule has 0 unspecified atom stereocenters. The van der Waals surface area contributed by atoms with Crippen molar-refractivity contribution in [1.82, 2.24) is 14.5 Å². The molecule has 6 heteroatoms. The molecule has 0 radical (unpaired) electrons. The first-order valence-electron chi connectivity index (χ1n) is 6.40. The number of rotatable bonds is 2. The van der Waals surface area contributed by atoms with Crippen LogP contribution in [0.3, 0.4) is 0 Å². The van der Waals surface area contributed by atoms with Crippen LogP contribution in [-0.4, -0.2) is 20.4 Å². The van der Waals surface area contributed by atoms with E-state index in [9.17, 15) is 9.59 Å². The second kappa shape index (κ2) is 4.86. The van der Waals surface area contributed by atoms with Crippen molar-refractivity contribution < 1.29 is 4.79 Å². The molecular weight excluding hydrogens is 274 g/mol. The van der Waals surface area contributed by atoms with Crippen LogP contribution < -0.4 is 5.56 Å². The van der Waals surface area contributed by atoms with E-state index < -0.39 is 0 Å². The van der Waals surface area contributed by atoms with Crippen LogP contribution in [-0.2, 0) is 31.4 Å². The van der Waals surface area contributed by atoms with Crippen molar-refractivity contribution >= 4 is 17.2 Å². The van der Waals surface area contributed by atoms with Gasteiger partial charge in [0.05, 0.1) is 30.8 Å². The molecule has 5 nitrogen and oxygen atoms in total. The lowest BCUT2D eigenvalue weighted by molar-refractivity contribution is -0.131. The first-order valence-corrected chi connectivity index (χ1v) is 7.35. The minimum absolute atomic E-state index is 0.0427. The van der Waals surface area contributed by atoms with Gasteiger partial charge in [0.2, 0.25) is 5.91 Å².